The predicted octanol–water partition coefficient (Wildman–Crippen LogP) is 2.92. The molecule has 0 aliphatic heterocycles. The van der Waals surface area contributed by atoms with Crippen LogP contribution in [0.4, 0.5) is 0 Å². The van der Waals surface area contributed by atoms with Crippen molar-refractivity contribution in [3.8, 4) is 5.75 Å². The molecule has 1 atom stereocenters. The van der Waals surface area contributed by atoms with Gasteiger partial charge in [-0.3, -0.25) is 4.79 Å². The van der Waals surface area contributed by atoms with E-state index >= 15 is 0 Å². The summed E-state index contributed by atoms with van der Waals surface area (Å²) < 4.78 is 0. The number of benzene rings is 1. The van der Waals surface area contributed by atoms with Gasteiger partial charge in [0.15, 0.2) is 0 Å². The first kappa shape index (κ1) is 12.3. The zero-order valence-corrected chi connectivity index (χ0v) is 9.26. The number of hydrogen-bond acceptors (Lipinski definition) is 2. The fourth-order valence-electron chi connectivity index (χ4n) is 1.54. The Morgan fingerprint density at radius 1 is 1.50 bits per heavy atom. The number of aromatic hydroxyl groups is 1. The van der Waals surface area contributed by atoms with Gasteiger partial charge in [-0.1, -0.05) is 31.2 Å². The first-order chi connectivity index (χ1) is 7.63. The van der Waals surface area contributed by atoms with E-state index in [4.69, 9.17) is 5.11 Å². The Bertz CT molecular complexity index is 383. The highest BCUT2D eigenvalue weighted by Crippen LogP contribution is 2.24. The highest BCUT2D eigenvalue weighted by atomic mass is 16.4. The van der Waals surface area contributed by atoms with Gasteiger partial charge in [0.2, 0.25) is 0 Å². The fourth-order valence-corrected chi connectivity index (χ4v) is 1.54. The lowest BCUT2D eigenvalue weighted by Gasteiger charge is -2.10. The van der Waals surface area contributed by atoms with E-state index in [1.807, 2.05) is 25.1 Å². The van der Waals surface area contributed by atoms with E-state index in [0.717, 1.165) is 12.0 Å². The number of phenolic OH excluding ortho intramolecular Hbond substituents is 1. The van der Waals surface area contributed by atoms with E-state index in [0.29, 0.717) is 0 Å². The number of carboxylic acid groups (broad SMARTS) is 1. The fraction of sp³-hybridized carbons (Fsp3) is 0.308. The SMILES string of the molecule is CC/C=C/[C@@H](CC(=O)O)c1cccc(O)c1. The summed E-state index contributed by atoms with van der Waals surface area (Å²) in [5.41, 5.74) is 0.826. The smallest absolute Gasteiger partial charge is 0.304 e. The molecule has 2 N–H and O–H groups in total. The molecule has 0 heterocycles. The molecular formula is C13H16O3. The summed E-state index contributed by atoms with van der Waals surface area (Å²) in [6.07, 6.45) is 4.73. The molecule has 0 aliphatic rings. The van der Waals surface area contributed by atoms with Crippen LogP contribution < -0.4 is 0 Å². The van der Waals surface area contributed by atoms with E-state index in [2.05, 4.69) is 0 Å². The van der Waals surface area contributed by atoms with Crippen LogP contribution in [-0.2, 0) is 4.79 Å². The summed E-state index contributed by atoms with van der Waals surface area (Å²) in [7, 11) is 0. The van der Waals surface area contributed by atoms with Crippen LogP contribution in [0.5, 0.6) is 5.75 Å². The summed E-state index contributed by atoms with van der Waals surface area (Å²) in [6, 6.07) is 6.73. The van der Waals surface area contributed by atoms with Crippen LogP contribution >= 0.6 is 0 Å². The molecule has 0 aromatic heterocycles. The van der Waals surface area contributed by atoms with Crippen LogP contribution in [0.1, 0.15) is 31.2 Å². The largest absolute Gasteiger partial charge is 0.508 e. The maximum atomic E-state index is 10.7. The molecule has 0 saturated carbocycles. The van der Waals surface area contributed by atoms with E-state index < -0.39 is 5.97 Å². The molecule has 3 nitrogen and oxygen atoms in total. The normalized spacial score (nSPS) is 12.8. The number of phenols is 1. The minimum atomic E-state index is -0.839. The second-order valence-corrected chi connectivity index (χ2v) is 3.64. The zero-order valence-electron chi connectivity index (χ0n) is 9.26. The summed E-state index contributed by atoms with van der Waals surface area (Å²) in [5.74, 6) is -0.851. The van der Waals surface area contributed by atoms with Crippen molar-refractivity contribution in [2.24, 2.45) is 0 Å². The lowest BCUT2D eigenvalue weighted by molar-refractivity contribution is -0.137. The quantitative estimate of drug-likeness (QED) is 0.750. The van der Waals surface area contributed by atoms with Crippen molar-refractivity contribution in [1.82, 2.24) is 0 Å². The first-order valence-corrected chi connectivity index (χ1v) is 5.31. The Kier molecular flexibility index (Phi) is 4.58. The second kappa shape index (κ2) is 5.95. The maximum absolute atomic E-state index is 10.7. The summed E-state index contributed by atoms with van der Waals surface area (Å²) in [5, 5.41) is 18.2. The van der Waals surface area contributed by atoms with E-state index in [1.165, 1.54) is 0 Å². The van der Waals surface area contributed by atoms with Crippen molar-refractivity contribution >= 4 is 5.97 Å². The van der Waals surface area contributed by atoms with E-state index in [1.54, 1.807) is 18.2 Å². The molecular weight excluding hydrogens is 204 g/mol. The van der Waals surface area contributed by atoms with Crippen molar-refractivity contribution < 1.29 is 15.0 Å². The Morgan fingerprint density at radius 3 is 2.81 bits per heavy atom. The highest BCUT2D eigenvalue weighted by Gasteiger charge is 2.12. The van der Waals surface area contributed by atoms with Crippen LogP contribution in [-0.4, -0.2) is 16.2 Å². The predicted molar refractivity (Wildman–Crippen MR) is 62.5 cm³/mol. The molecule has 1 aromatic carbocycles. The first-order valence-electron chi connectivity index (χ1n) is 5.31. The van der Waals surface area contributed by atoms with Gasteiger partial charge in [-0.25, -0.2) is 0 Å². The molecule has 0 aliphatic carbocycles. The molecule has 1 rings (SSSR count). The molecule has 86 valence electrons. The van der Waals surface area contributed by atoms with Crippen LogP contribution in [0.3, 0.4) is 0 Å². The monoisotopic (exact) mass is 220 g/mol. The number of allylic oxidation sites excluding steroid dienone is 2. The molecule has 16 heavy (non-hydrogen) atoms. The van der Waals surface area contributed by atoms with Crippen molar-refractivity contribution in [3.63, 3.8) is 0 Å². The Balaban J connectivity index is 2.91. The lowest BCUT2D eigenvalue weighted by Crippen LogP contribution is -2.04. The van der Waals surface area contributed by atoms with Crippen molar-refractivity contribution in [3.05, 3.63) is 42.0 Å². The third kappa shape index (κ3) is 3.77. The molecule has 0 fully saturated rings. The highest BCUT2D eigenvalue weighted by molar-refractivity contribution is 5.68. The van der Waals surface area contributed by atoms with Gasteiger partial charge >= 0.3 is 5.97 Å². The van der Waals surface area contributed by atoms with Crippen molar-refractivity contribution in [2.45, 2.75) is 25.7 Å². The van der Waals surface area contributed by atoms with Crippen LogP contribution in [0.15, 0.2) is 36.4 Å². The third-order valence-corrected chi connectivity index (χ3v) is 2.30. The van der Waals surface area contributed by atoms with Gasteiger partial charge in [-0.2, -0.15) is 0 Å². The van der Waals surface area contributed by atoms with E-state index in [9.17, 15) is 9.90 Å². The summed E-state index contributed by atoms with van der Waals surface area (Å²) in [6.45, 7) is 2.00. The van der Waals surface area contributed by atoms with Gasteiger partial charge in [0.25, 0.3) is 0 Å². The third-order valence-electron chi connectivity index (χ3n) is 2.30. The molecule has 0 amide bonds. The Hall–Kier alpha value is -1.77. The second-order valence-electron chi connectivity index (χ2n) is 3.64. The molecule has 1 aromatic rings. The average Bonchev–Trinajstić information content (AvgIpc) is 2.23. The zero-order chi connectivity index (χ0) is 12.0. The van der Waals surface area contributed by atoms with Gasteiger partial charge in [0, 0.05) is 5.92 Å². The number of carbonyl (C=O) groups is 1. The molecule has 0 unspecified atom stereocenters. The maximum Gasteiger partial charge on any atom is 0.304 e. The van der Waals surface area contributed by atoms with Gasteiger partial charge in [-0.05, 0) is 24.1 Å². The van der Waals surface area contributed by atoms with Crippen molar-refractivity contribution in [1.29, 1.82) is 0 Å². The van der Waals surface area contributed by atoms with Gasteiger partial charge in [0.1, 0.15) is 5.75 Å². The average molecular weight is 220 g/mol. The summed E-state index contributed by atoms with van der Waals surface area (Å²) in [4.78, 5) is 10.7. The minimum Gasteiger partial charge on any atom is -0.508 e. The Morgan fingerprint density at radius 2 is 2.25 bits per heavy atom. The molecule has 0 bridgehead atoms. The number of hydrogen-bond donors (Lipinski definition) is 2. The van der Waals surface area contributed by atoms with Crippen LogP contribution in [0.25, 0.3) is 0 Å². The van der Waals surface area contributed by atoms with Gasteiger partial charge in [0.05, 0.1) is 6.42 Å². The standard InChI is InChI=1S/C13H16O3/c1-2-3-5-11(9-13(15)16)10-6-4-7-12(14)8-10/h3-8,11,14H,2,9H2,1H3,(H,15,16)/b5-3+/t11-/m0/s1. The topological polar surface area (TPSA) is 57.5 Å². The Labute approximate surface area is 95.0 Å². The number of carboxylic acids is 1. The molecule has 0 radical (unpaired) electrons. The van der Waals surface area contributed by atoms with Gasteiger partial charge < -0.3 is 10.2 Å². The van der Waals surface area contributed by atoms with Crippen LogP contribution in [0, 0.1) is 0 Å². The number of aliphatic carboxylic acids is 1. The summed E-state index contributed by atoms with van der Waals surface area (Å²) >= 11 is 0. The minimum absolute atomic E-state index is 0.0416. The van der Waals surface area contributed by atoms with Gasteiger partial charge in [-0.15, -0.1) is 0 Å². The molecule has 0 spiro atoms. The lowest BCUT2D eigenvalue weighted by atomic mass is 9.95. The molecule has 0 saturated heterocycles. The number of rotatable bonds is 5. The molecule has 3 heteroatoms. The van der Waals surface area contributed by atoms with Crippen molar-refractivity contribution in [2.75, 3.05) is 0 Å². The van der Waals surface area contributed by atoms with E-state index in [-0.39, 0.29) is 18.1 Å². The van der Waals surface area contributed by atoms with Crippen LogP contribution in [0.2, 0.25) is 0 Å².